The molecule has 0 aliphatic carbocycles. The van der Waals surface area contributed by atoms with Crippen molar-refractivity contribution in [2.24, 2.45) is 0 Å². The fraction of sp³-hybridized carbons (Fsp3) is 0.136. The van der Waals surface area contributed by atoms with E-state index in [0.717, 1.165) is 0 Å². The first-order valence-electron chi connectivity index (χ1n) is 8.78. The molecule has 0 aliphatic rings. The van der Waals surface area contributed by atoms with Crippen LogP contribution in [0.15, 0.2) is 66.7 Å². The zero-order chi connectivity index (χ0) is 21.0. The number of nitrogens with zero attached hydrogens (tertiary/aromatic N) is 1. The zero-order valence-corrected chi connectivity index (χ0v) is 16.6. The average Bonchev–Trinajstić information content (AvgIpc) is 2.74. The number of non-ortho nitro benzene ring substituents is 1. The summed E-state index contributed by atoms with van der Waals surface area (Å²) in [4.78, 5) is 23.4. The van der Waals surface area contributed by atoms with Crippen LogP contribution in [0.3, 0.4) is 0 Å². The molecule has 7 heteroatoms. The molecule has 0 spiro atoms. The molecule has 0 saturated carbocycles. The van der Waals surface area contributed by atoms with Gasteiger partial charge in [0.2, 0.25) is 5.78 Å². The molecule has 0 heterocycles. The predicted octanol–water partition coefficient (Wildman–Crippen LogP) is 5.57. The van der Waals surface area contributed by atoms with Crippen LogP contribution in [-0.4, -0.2) is 23.9 Å². The van der Waals surface area contributed by atoms with Gasteiger partial charge in [-0.05, 0) is 55.0 Å². The number of ether oxygens (including phenoxy) is 2. The highest BCUT2D eigenvalue weighted by atomic mass is 35.5. The molecule has 0 aromatic heterocycles. The second kappa shape index (κ2) is 8.75. The summed E-state index contributed by atoms with van der Waals surface area (Å²) < 4.78 is 11.1. The van der Waals surface area contributed by atoms with Crippen LogP contribution >= 0.6 is 11.6 Å². The third-order valence-corrected chi connectivity index (χ3v) is 4.63. The largest absolute Gasteiger partial charge is 0.497 e. The molecule has 0 aliphatic heterocycles. The minimum absolute atomic E-state index is 0.0696. The van der Waals surface area contributed by atoms with Crippen molar-refractivity contribution in [1.29, 1.82) is 0 Å². The summed E-state index contributed by atoms with van der Waals surface area (Å²) in [6, 6.07) is 17.9. The lowest BCUT2D eigenvalue weighted by atomic mass is 10.0. The summed E-state index contributed by atoms with van der Waals surface area (Å²) in [7, 11) is 1.56. The molecular formula is C22H18ClNO5. The molecule has 0 fully saturated rings. The lowest BCUT2D eigenvalue weighted by molar-refractivity contribution is -0.384. The number of halogens is 1. The molecular weight excluding hydrogens is 394 g/mol. The first kappa shape index (κ1) is 20.4. The van der Waals surface area contributed by atoms with Crippen molar-refractivity contribution < 1.29 is 19.2 Å². The van der Waals surface area contributed by atoms with E-state index in [9.17, 15) is 14.9 Å². The number of nitro groups is 1. The Bertz CT molecular complexity index is 1030. The Morgan fingerprint density at radius 1 is 1.03 bits per heavy atom. The first-order valence-corrected chi connectivity index (χ1v) is 9.16. The van der Waals surface area contributed by atoms with Crippen LogP contribution in [0, 0.1) is 10.1 Å². The van der Waals surface area contributed by atoms with Crippen molar-refractivity contribution in [2.75, 3.05) is 7.11 Å². The number of Topliss-reactive ketones (excluding diaryl/α,β-unsaturated/α-hetero) is 1. The molecule has 0 radical (unpaired) electrons. The monoisotopic (exact) mass is 411 g/mol. The molecule has 0 unspecified atom stereocenters. The molecule has 29 heavy (non-hydrogen) atoms. The summed E-state index contributed by atoms with van der Waals surface area (Å²) in [5, 5.41) is 11.8. The number of methoxy groups -OCH3 is 1. The van der Waals surface area contributed by atoms with E-state index in [0.29, 0.717) is 33.2 Å². The van der Waals surface area contributed by atoms with Crippen LogP contribution in [0.5, 0.6) is 11.5 Å². The van der Waals surface area contributed by atoms with Crippen LogP contribution in [0.1, 0.15) is 17.3 Å². The number of nitro benzene ring substituents is 1. The number of ketones is 1. The van der Waals surface area contributed by atoms with Gasteiger partial charge in [-0.3, -0.25) is 14.9 Å². The van der Waals surface area contributed by atoms with Crippen molar-refractivity contribution >= 4 is 23.1 Å². The van der Waals surface area contributed by atoms with Gasteiger partial charge in [0.15, 0.2) is 6.10 Å². The average molecular weight is 412 g/mol. The van der Waals surface area contributed by atoms with Crippen LogP contribution in [0.2, 0.25) is 5.02 Å². The van der Waals surface area contributed by atoms with E-state index in [1.165, 1.54) is 18.2 Å². The van der Waals surface area contributed by atoms with Gasteiger partial charge in [-0.25, -0.2) is 0 Å². The molecule has 0 saturated heterocycles. The van der Waals surface area contributed by atoms with E-state index in [1.807, 2.05) is 0 Å². The van der Waals surface area contributed by atoms with E-state index >= 15 is 0 Å². The molecule has 0 amide bonds. The summed E-state index contributed by atoms with van der Waals surface area (Å²) in [5.74, 6) is 0.809. The maximum Gasteiger partial charge on any atom is 0.270 e. The van der Waals surface area contributed by atoms with Crippen LogP contribution in [-0.2, 0) is 0 Å². The zero-order valence-electron chi connectivity index (χ0n) is 15.8. The number of hydrogen-bond donors (Lipinski definition) is 0. The van der Waals surface area contributed by atoms with Crippen LogP contribution < -0.4 is 9.47 Å². The van der Waals surface area contributed by atoms with Gasteiger partial charge < -0.3 is 9.47 Å². The summed E-state index contributed by atoms with van der Waals surface area (Å²) in [5.41, 5.74) is 1.61. The minimum atomic E-state index is -0.797. The summed E-state index contributed by atoms with van der Waals surface area (Å²) in [6.07, 6.45) is -0.797. The molecule has 3 aromatic carbocycles. The van der Waals surface area contributed by atoms with Crippen molar-refractivity contribution in [3.63, 3.8) is 0 Å². The number of carbonyl (C=O) groups is 1. The van der Waals surface area contributed by atoms with E-state index in [2.05, 4.69) is 0 Å². The van der Waals surface area contributed by atoms with E-state index < -0.39 is 11.0 Å². The number of rotatable bonds is 7. The molecule has 6 nitrogen and oxygen atoms in total. The molecule has 0 N–H and O–H groups in total. The van der Waals surface area contributed by atoms with Gasteiger partial charge in [-0.1, -0.05) is 23.7 Å². The van der Waals surface area contributed by atoms with Gasteiger partial charge >= 0.3 is 0 Å². The topological polar surface area (TPSA) is 78.7 Å². The Balaban J connectivity index is 1.93. The van der Waals surface area contributed by atoms with Crippen molar-refractivity contribution in [3.05, 3.63) is 87.4 Å². The van der Waals surface area contributed by atoms with Gasteiger partial charge in [0.1, 0.15) is 11.5 Å². The third-order valence-electron chi connectivity index (χ3n) is 4.38. The molecule has 1 atom stereocenters. The fourth-order valence-electron chi connectivity index (χ4n) is 2.82. The molecule has 148 valence electrons. The van der Waals surface area contributed by atoms with Gasteiger partial charge in [-0.15, -0.1) is 0 Å². The molecule has 3 aromatic rings. The molecule has 3 rings (SSSR count). The standard InChI is InChI=1S/C22H18ClNO5/c1-14(22(25)16-3-7-17(23)8-4-16)29-21-12-9-18(24(26)27)13-20(21)15-5-10-19(28-2)11-6-15/h3-14H,1-2H3/t14-/m1/s1. The second-order valence-corrected chi connectivity index (χ2v) is 6.73. The first-order chi connectivity index (χ1) is 13.9. The maximum absolute atomic E-state index is 12.7. The Labute approximate surface area is 172 Å². The van der Waals surface area contributed by atoms with E-state index in [-0.39, 0.29) is 11.5 Å². The van der Waals surface area contributed by atoms with E-state index in [1.54, 1.807) is 62.6 Å². The summed E-state index contributed by atoms with van der Waals surface area (Å²) in [6.45, 7) is 1.64. The Kier molecular flexibility index (Phi) is 6.14. The van der Waals surface area contributed by atoms with Gasteiger partial charge in [0.25, 0.3) is 5.69 Å². The molecule has 0 bridgehead atoms. The Morgan fingerprint density at radius 3 is 2.28 bits per heavy atom. The predicted molar refractivity (Wildman–Crippen MR) is 111 cm³/mol. The smallest absolute Gasteiger partial charge is 0.270 e. The highest BCUT2D eigenvalue weighted by Gasteiger charge is 2.20. The van der Waals surface area contributed by atoms with Crippen LogP contribution in [0.25, 0.3) is 11.1 Å². The lowest BCUT2D eigenvalue weighted by Crippen LogP contribution is -2.24. The maximum atomic E-state index is 12.7. The third kappa shape index (κ3) is 4.73. The highest BCUT2D eigenvalue weighted by molar-refractivity contribution is 6.30. The van der Waals surface area contributed by atoms with Crippen molar-refractivity contribution in [1.82, 2.24) is 0 Å². The summed E-state index contributed by atoms with van der Waals surface area (Å²) >= 11 is 5.87. The quantitative estimate of drug-likeness (QED) is 0.288. The van der Waals surface area contributed by atoms with Gasteiger partial charge in [0, 0.05) is 28.3 Å². The SMILES string of the molecule is COc1ccc(-c2cc([N+](=O)[O-])ccc2O[C@H](C)C(=O)c2ccc(Cl)cc2)cc1. The van der Waals surface area contributed by atoms with E-state index in [4.69, 9.17) is 21.1 Å². The Morgan fingerprint density at radius 2 is 1.69 bits per heavy atom. The lowest BCUT2D eigenvalue weighted by Gasteiger charge is -2.17. The highest BCUT2D eigenvalue weighted by Crippen LogP contribution is 2.35. The Hall–Kier alpha value is -3.38. The minimum Gasteiger partial charge on any atom is -0.497 e. The fourth-order valence-corrected chi connectivity index (χ4v) is 2.95. The van der Waals surface area contributed by atoms with Gasteiger partial charge in [0.05, 0.1) is 12.0 Å². The number of hydrogen-bond acceptors (Lipinski definition) is 5. The van der Waals surface area contributed by atoms with Crippen molar-refractivity contribution in [2.45, 2.75) is 13.0 Å². The van der Waals surface area contributed by atoms with Crippen LogP contribution in [0.4, 0.5) is 5.69 Å². The normalized spacial score (nSPS) is 11.6. The number of carbonyl (C=O) groups excluding carboxylic acids is 1. The number of benzene rings is 3. The second-order valence-electron chi connectivity index (χ2n) is 6.30. The van der Waals surface area contributed by atoms with Gasteiger partial charge in [-0.2, -0.15) is 0 Å². The van der Waals surface area contributed by atoms with Crippen molar-refractivity contribution in [3.8, 4) is 22.6 Å².